The number of carbonyl (C=O) groups excluding carboxylic acids is 1. The molecule has 0 aliphatic rings. The summed E-state index contributed by atoms with van der Waals surface area (Å²) in [7, 11) is 1.59. The molecule has 0 atom stereocenters. The third-order valence-electron chi connectivity index (χ3n) is 3.45. The van der Waals surface area contributed by atoms with Crippen molar-refractivity contribution in [1.29, 1.82) is 0 Å². The van der Waals surface area contributed by atoms with Gasteiger partial charge in [0, 0.05) is 15.6 Å². The minimum atomic E-state index is -0.0161. The van der Waals surface area contributed by atoms with Gasteiger partial charge in [0.05, 0.1) is 7.11 Å². The molecule has 0 radical (unpaired) electrons. The van der Waals surface area contributed by atoms with E-state index in [1.54, 1.807) is 13.2 Å². The average Bonchev–Trinajstić information content (AvgIpc) is 2.54. The summed E-state index contributed by atoms with van der Waals surface area (Å²) >= 11 is 3.45. The number of fused-ring (bicyclic) bond motifs is 1. The smallest absolute Gasteiger partial charge is 0.194 e. The maximum Gasteiger partial charge on any atom is 0.194 e. The van der Waals surface area contributed by atoms with Crippen molar-refractivity contribution in [1.82, 2.24) is 0 Å². The summed E-state index contributed by atoms with van der Waals surface area (Å²) in [6.07, 6.45) is 0. The molecule has 21 heavy (non-hydrogen) atoms. The Balaban J connectivity index is 2.17. The van der Waals surface area contributed by atoms with Crippen LogP contribution in [0.5, 0.6) is 5.75 Å². The predicted molar refractivity (Wildman–Crippen MR) is 88.1 cm³/mol. The lowest BCUT2D eigenvalue weighted by molar-refractivity contribution is 0.103. The summed E-state index contributed by atoms with van der Waals surface area (Å²) in [5.41, 5.74) is 1.30. The zero-order valence-electron chi connectivity index (χ0n) is 11.5. The van der Waals surface area contributed by atoms with Crippen molar-refractivity contribution >= 4 is 32.5 Å². The molecular weight excluding hydrogens is 328 g/mol. The molecule has 0 unspecified atom stereocenters. The Morgan fingerprint density at radius 2 is 1.71 bits per heavy atom. The van der Waals surface area contributed by atoms with E-state index in [1.807, 2.05) is 54.6 Å². The van der Waals surface area contributed by atoms with Gasteiger partial charge in [0.15, 0.2) is 5.78 Å². The molecule has 0 aliphatic carbocycles. The van der Waals surface area contributed by atoms with Crippen molar-refractivity contribution < 1.29 is 9.53 Å². The molecule has 3 aromatic carbocycles. The summed E-state index contributed by atoms with van der Waals surface area (Å²) < 4.78 is 5.98. The first-order valence-corrected chi connectivity index (χ1v) is 7.36. The van der Waals surface area contributed by atoms with E-state index >= 15 is 0 Å². The molecule has 0 amide bonds. The Bertz CT molecular complexity index is 819. The number of benzene rings is 3. The van der Waals surface area contributed by atoms with Crippen molar-refractivity contribution in [3.05, 3.63) is 76.3 Å². The number of rotatable bonds is 3. The Morgan fingerprint density at radius 3 is 2.52 bits per heavy atom. The van der Waals surface area contributed by atoms with Gasteiger partial charge in [0.2, 0.25) is 0 Å². The van der Waals surface area contributed by atoms with Crippen molar-refractivity contribution in [2.75, 3.05) is 7.11 Å². The lowest BCUT2D eigenvalue weighted by Gasteiger charge is -2.09. The molecule has 3 aromatic rings. The van der Waals surface area contributed by atoms with E-state index in [1.165, 1.54) is 0 Å². The highest BCUT2D eigenvalue weighted by atomic mass is 79.9. The summed E-state index contributed by atoms with van der Waals surface area (Å²) in [5, 5.41) is 2.02. The maximum atomic E-state index is 12.9. The van der Waals surface area contributed by atoms with Crippen LogP contribution in [0.2, 0.25) is 0 Å². The topological polar surface area (TPSA) is 26.3 Å². The van der Waals surface area contributed by atoms with Crippen molar-refractivity contribution in [2.24, 2.45) is 0 Å². The SMILES string of the molecule is COc1ccc(Br)c(C(=O)c2cccc3ccccc23)c1. The van der Waals surface area contributed by atoms with Crippen LogP contribution in [0.25, 0.3) is 10.8 Å². The van der Waals surface area contributed by atoms with Gasteiger partial charge in [-0.3, -0.25) is 4.79 Å². The average molecular weight is 341 g/mol. The van der Waals surface area contributed by atoms with E-state index in [9.17, 15) is 4.79 Å². The van der Waals surface area contributed by atoms with Gasteiger partial charge in [0.1, 0.15) is 5.75 Å². The van der Waals surface area contributed by atoms with Gasteiger partial charge >= 0.3 is 0 Å². The van der Waals surface area contributed by atoms with Crippen LogP contribution >= 0.6 is 15.9 Å². The number of ketones is 1. The van der Waals surface area contributed by atoms with Crippen LogP contribution in [0.15, 0.2) is 65.1 Å². The Hall–Kier alpha value is -2.13. The second kappa shape index (κ2) is 5.70. The minimum absolute atomic E-state index is 0.0161. The zero-order chi connectivity index (χ0) is 14.8. The molecule has 2 nitrogen and oxygen atoms in total. The van der Waals surface area contributed by atoms with Gasteiger partial charge in [-0.15, -0.1) is 0 Å². The van der Waals surface area contributed by atoms with Gasteiger partial charge in [-0.2, -0.15) is 0 Å². The molecule has 0 spiro atoms. The van der Waals surface area contributed by atoms with Crippen LogP contribution in [0.3, 0.4) is 0 Å². The predicted octanol–water partition coefficient (Wildman–Crippen LogP) is 4.84. The molecular formula is C18H13BrO2. The number of ether oxygens (including phenoxy) is 1. The summed E-state index contributed by atoms with van der Waals surface area (Å²) in [6, 6.07) is 19.1. The Kier molecular flexibility index (Phi) is 3.76. The monoisotopic (exact) mass is 340 g/mol. The quantitative estimate of drug-likeness (QED) is 0.637. The number of hydrogen-bond acceptors (Lipinski definition) is 2. The lowest BCUT2D eigenvalue weighted by Crippen LogP contribution is -2.03. The first-order chi connectivity index (χ1) is 10.2. The molecule has 0 saturated carbocycles. The zero-order valence-corrected chi connectivity index (χ0v) is 13.1. The standard InChI is InChI=1S/C18H13BrO2/c1-21-13-9-10-17(19)16(11-13)18(20)15-8-4-6-12-5-2-3-7-14(12)15/h2-11H,1H3. The van der Waals surface area contributed by atoms with Crippen molar-refractivity contribution in [3.63, 3.8) is 0 Å². The summed E-state index contributed by atoms with van der Waals surface area (Å²) in [6.45, 7) is 0. The molecule has 0 bridgehead atoms. The molecule has 0 aliphatic heterocycles. The van der Waals surface area contributed by atoms with E-state index < -0.39 is 0 Å². The maximum absolute atomic E-state index is 12.9. The third-order valence-corrected chi connectivity index (χ3v) is 4.14. The first-order valence-electron chi connectivity index (χ1n) is 6.56. The fourth-order valence-electron chi connectivity index (χ4n) is 2.37. The second-order valence-electron chi connectivity index (χ2n) is 4.70. The molecule has 0 fully saturated rings. The summed E-state index contributed by atoms with van der Waals surface area (Å²) in [4.78, 5) is 12.9. The van der Waals surface area contributed by atoms with Crippen LogP contribution < -0.4 is 4.74 Å². The normalized spacial score (nSPS) is 10.6. The molecule has 3 heteroatoms. The highest BCUT2D eigenvalue weighted by Gasteiger charge is 2.16. The van der Waals surface area contributed by atoms with Gasteiger partial charge in [0.25, 0.3) is 0 Å². The Morgan fingerprint density at radius 1 is 0.952 bits per heavy atom. The summed E-state index contributed by atoms with van der Waals surface area (Å²) in [5.74, 6) is 0.652. The van der Waals surface area contributed by atoms with Gasteiger partial charge in [-0.1, -0.05) is 58.4 Å². The fourth-order valence-corrected chi connectivity index (χ4v) is 2.80. The van der Waals surface area contributed by atoms with Crippen molar-refractivity contribution in [3.8, 4) is 5.75 Å². The van der Waals surface area contributed by atoms with Gasteiger partial charge in [-0.25, -0.2) is 0 Å². The van der Waals surface area contributed by atoms with Crippen LogP contribution in [0.4, 0.5) is 0 Å². The second-order valence-corrected chi connectivity index (χ2v) is 5.56. The fraction of sp³-hybridized carbons (Fsp3) is 0.0556. The van der Waals surface area contributed by atoms with Crippen LogP contribution in [-0.4, -0.2) is 12.9 Å². The Labute approximate surface area is 131 Å². The molecule has 0 saturated heterocycles. The van der Waals surface area contributed by atoms with E-state index in [0.717, 1.165) is 15.2 Å². The number of halogens is 1. The highest BCUT2D eigenvalue weighted by Crippen LogP contribution is 2.27. The number of methoxy groups -OCH3 is 1. The first kappa shape index (κ1) is 13.8. The van der Waals surface area contributed by atoms with Gasteiger partial charge in [-0.05, 0) is 29.0 Å². The van der Waals surface area contributed by atoms with Crippen LogP contribution in [0.1, 0.15) is 15.9 Å². The molecule has 0 N–H and O–H groups in total. The number of carbonyl (C=O) groups is 1. The van der Waals surface area contributed by atoms with Gasteiger partial charge < -0.3 is 4.74 Å². The van der Waals surface area contributed by atoms with E-state index in [0.29, 0.717) is 16.9 Å². The lowest BCUT2D eigenvalue weighted by atomic mass is 9.97. The van der Waals surface area contributed by atoms with E-state index in [2.05, 4.69) is 15.9 Å². The largest absolute Gasteiger partial charge is 0.497 e. The van der Waals surface area contributed by atoms with Crippen molar-refractivity contribution in [2.45, 2.75) is 0 Å². The number of hydrogen-bond donors (Lipinski definition) is 0. The molecule has 0 aromatic heterocycles. The van der Waals surface area contributed by atoms with E-state index in [-0.39, 0.29) is 5.78 Å². The van der Waals surface area contributed by atoms with Crippen LogP contribution in [-0.2, 0) is 0 Å². The third kappa shape index (κ3) is 2.57. The van der Waals surface area contributed by atoms with Crippen LogP contribution in [0, 0.1) is 0 Å². The molecule has 3 rings (SSSR count). The molecule has 0 heterocycles. The van der Waals surface area contributed by atoms with E-state index in [4.69, 9.17) is 4.74 Å². The molecule has 104 valence electrons. The minimum Gasteiger partial charge on any atom is -0.497 e. The highest BCUT2D eigenvalue weighted by molar-refractivity contribution is 9.10.